The van der Waals surface area contributed by atoms with Gasteiger partial charge in [0.25, 0.3) is 0 Å². The zero-order valence-electron chi connectivity index (χ0n) is 8.17. The molecule has 1 aliphatic rings. The summed E-state index contributed by atoms with van der Waals surface area (Å²) in [6.45, 7) is 4.59. The van der Waals surface area contributed by atoms with E-state index in [4.69, 9.17) is 5.73 Å². The Labute approximate surface area is 78.4 Å². The smallest absolute Gasteiger partial charge is 0.132 e. The summed E-state index contributed by atoms with van der Waals surface area (Å²) in [5, 5.41) is 0. The molecule has 1 aromatic rings. The average molecular weight is 177 g/mol. The lowest BCUT2D eigenvalue weighted by Crippen LogP contribution is -2.08. The first kappa shape index (κ1) is 8.63. The summed E-state index contributed by atoms with van der Waals surface area (Å²) in [5.41, 5.74) is 8.85. The quantitative estimate of drug-likeness (QED) is 0.743. The Kier molecular flexibility index (Phi) is 2.04. The van der Waals surface area contributed by atoms with E-state index in [1.165, 1.54) is 12.8 Å². The van der Waals surface area contributed by atoms with Gasteiger partial charge in [-0.3, -0.25) is 0 Å². The van der Waals surface area contributed by atoms with Crippen molar-refractivity contribution >= 4 is 0 Å². The first-order valence-electron chi connectivity index (χ1n) is 4.76. The second kappa shape index (κ2) is 3.07. The van der Waals surface area contributed by atoms with Crippen molar-refractivity contribution in [2.24, 2.45) is 5.73 Å². The highest BCUT2D eigenvalue weighted by Crippen LogP contribution is 2.38. The molecule has 0 bridgehead atoms. The van der Waals surface area contributed by atoms with Gasteiger partial charge >= 0.3 is 0 Å². The lowest BCUT2D eigenvalue weighted by Gasteiger charge is -2.07. The molecule has 1 heterocycles. The van der Waals surface area contributed by atoms with Crippen molar-refractivity contribution in [1.29, 1.82) is 0 Å². The van der Waals surface area contributed by atoms with Crippen LogP contribution in [0.15, 0.2) is 0 Å². The largest absolute Gasteiger partial charge is 0.325 e. The van der Waals surface area contributed by atoms with Crippen LogP contribution in [-0.2, 0) is 6.54 Å². The van der Waals surface area contributed by atoms with Gasteiger partial charge in [-0.15, -0.1) is 0 Å². The van der Waals surface area contributed by atoms with E-state index in [1.54, 1.807) is 0 Å². The first-order valence-corrected chi connectivity index (χ1v) is 4.76. The van der Waals surface area contributed by atoms with Crippen molar-refractivity contribution in [2.45, 2.75) is 39.2 Å². The molecule has 0 aliphatic heterocycles. The van der Waals surface area contributed by atoms with Crippen LogP contribution in [0.5, 0.6) is 0 Å². The molecule has 0 unspecified atom stereocenters. The lowest BCUT2D eigenvalue weighted by atomic mass is 10.2. The Hall–Kier alpha value is -0.960. The van der Waals surface area contributed by atoms with E-state index >= 15 is 0 Å². The minimum atomic E-state index is 0.523. The number of aryl methyl sites for hydroxylation is 1. The van der Waals surface area contributed by atoms with Crippen molar-refractivity contribution in [3.8, 4) is 0 Å². The van der Waals surface area contributed by atoms with Crippen LogP contribution >= 0.6 is 0 Å². The Morgan fingerprint density at radius 2 is 2.00 bits per heavy atom. The molecule has 0 amide bonds. The van der Waals surface area contributed by atoms with Gasteiger partial charge in [0, 0.05) is 18.2 Å². The van der Waals surface area contributed by atoms with Gasteiger partial charge in [0.1, 0.15) is 5.82 Å². The summed E-state index contributed by atoms with van der Waals surface area (Å²) in [6.07, 6.45) is 2.49. The number of nitrogens with zero attached hydrogens (tertiary/aromatic N) is 2. The summed E-state index contributed by atoms with van der Waals surface area (Å²) in [6, 6.07) is 0. The molecule has 0 spiro atoms. The van der Waals surface area contributed by atoms with Crippen molar-refractivity contribution in [1.82, 2.24) is 9.97 Å². The van der Waals surface area contributed by atoms with Crippen LogP contribution in [-0.4, -0.2) is 9.97 Å². The molecule has 3 nitrogen and oxygen atoms in total. The Morgan fingerprint density at radius 3 is 2.54 bits per heavy atom. The van der Waals surface area contributed by atoms with Crippen LogP contribution in [0.1, 0.15) is 41.5 Å². The predicted molar refractivity (Wildman–Crippen MR) is 51.4 cm³/mol. The van der Waals surface area contributed by atoms with E-state index in [0.717, 1.165) is 22.8 Å². The third-order valence-corrected chi connectivity index (χ3v) is 2.64. The van der Waals surface area contributed by atoms with Gasteiger partial charge in [-0.1, -0.05) is 0 Å². The topological polar surface area (TPSA) is 51.8 Å². The number of hydrogen-bond acceptors (Lipinski definition) is 3. The molecule has 1 fully saturated rings. The molecule has 13 heavy (non-hydrogen) atoms. The Morgan fingerprint density at radius 1 is 1.31 bits per heavy atom. The summed E-state index contributed by atoms with van der Waals surface area (Å²) in [5.74, 6) is 1.62. The number of rotatable bonds is 2. The third kappa shape index (κ3) is 1.56. The molecule has 1 aliphatic carbocycles. The van der Waals surface area contributed by atoms with Gasteiger partial charge in [-0.05, 0) is 32.3 Å². The monoisotopic (exact) mass is 177 g/mol. The van der Waals surface area contributed by atoms with E-state index in [0.29, 0.717) is 12.5 Å². The number of nitrogens with two attached hydrogens (primary N) is 1. The van der Waals surface area contributed by atoms with Gasteiger partial charge < -0.3 is 5.73 Å². The standard InChI is InChI=1S/C10H15N3/c1-6-7(2)12-10(8-3-4-8)13-9(6)5-11/h8H,3-5,11H2,1-2H3. The second-order valence-electron chi connectivity index (χ2n) is 3.72. The van der Waals surface area contributed by atoms with Crippen LogP contribution in [0.3, 0.4) is 0 Å². The SMILES string of the molecule is Cc1nc(C2CC2)nc(CN)c1C. The minimum Gasteiger partial charge on any atom is -0.325 e. The zero-order chi connectivity index (χ0) is 9.42. The maximum Gasteiger partial charge on any atom is 0.132 e. The maximum absolute atomic E-state index is 5.62. The van der Waals surface area contributed by atoms with Gasteiger partial charge in [-0.25, -0.2) is 9.97 Å². The normalized spacial score (nSPS) is 16.2. The maximum atomic E-state index is 5.62. The fourth-order valence-electron chi connectivity index (χ4n) is 1.43. The van der Waals surface area contributed by atoms with Crippen LogP contribution in [0.4, 0.5) is 0 Å². The van der Waals surface area contributed by atoms with Gasteiger partial charge in [0.05, 0.1) is 5.69 Å². The second-order valence-corrected chi connectivity index (χ2v) is 3.72. The Balaban J connectivity index is 2.43. The van der Waals surface area contributed by atoms with E-state index in [1.807, 2.05) is 13.8 Å². The molecular weight excluding hydrogens is 162 g/mol. The molecule has 1 saturated carbocycles. The van der Waals surface area contributed by atoms with E-state index < -0.39 is 0 Å². The predicted octanol–water partition coefficient (Wildman–Crippen LogP) is 1.43. The first-order chi connectivity index (χ1) is 6.22. The van der Waals surface area contributed by atoms with Crippen LogP contribution in [0.2, 0.25) is 0 Å². The van der Waals surface area contributed by atoms with Crippen molar-refractivity contribution < 1.29 is 0 Å². The van der Waals surface area contributed by atoms with Gasteiger partial charge in [0.2, 0.25) is 0 Å². The minimum absolute atomic E-state index is 0.523. The third-order valence-electron chi connectivity index (χ3n) is 2.64. The molecule has 0 aromatic carbocycles. The molecule has 3 heteroatoms. The fourth-order valence-corrected chi connectivity index (χ4v) is 1.43. The zero-order valence-corrected chi connectivity index (χ0v) is 8.17. The van der Waals surface area contributed by atoms with Crippen molar-refractivity contribution in [3.63, 3.8) is 0 Å². The summed E-state index contributed by atoms with van der Waals surface area (Å²) in [7, 11) is 0. The molecule has 2 rings (SSSR count). The summed E-state index contributed by atoms with van der Waals surface area (Å²) in [4.78, 5) is 8.95. The highest BCUT2D eigenvalue weighted by atomic mass is 14.9. The Bertz CT molecular complexity index is 329. The number of aromatic nitrogens is 2. The molecule has 2 N–H and O–H groups in total. The van der Waals surface area contributed by atoms with E-state index in [2.05, 4.69) is 9.97 Å². The number of hydrogen-bond donors (Lipinski definition) is 1. The average Bonchev–Trinajstić information content (AvgIpc) is 2.92. The van der Waals surface area contributed by atoms with Gasteiger partial charge in [-0.2, -0.15) is 0 Å². The van der Waals surface area contributed by atoms with Crippen molar-refractivity contribution in [3.05, 3.63) is 22.8 Å². The molecule has 1 aromatic heterocycles. The molecular formula is C10H15N3. The van der Waals surface area contributed by atoms with Gasteiger partial charge in [0.15, 0.2) is 0 Å². The summed E-state index contributed by atoms with van der Waals surface area (Å²) < 4.78 is 0. The van der Waals surface area contributed by atoms with E-state index in [9.17, 15) is 0 Å². The van der Waals surface area contributed by atoms with Crippen LogP contribution in [0, 0.1) is 13.8 Å². The van der Waals surface area contributed by atoms with Crippen LogP contribution in [0.25, 0.3) is 0 Å². The highest BCUT2D eigenvalue weighted by Gasteiger charge is 2.27. The van der Waals surface area contributed by atoms with Crippen LogP contribution < -0.4 is 5.73 Å². The molecule has 0 atom stereocenters. The fraction of sp³-hybridized carbons (Fsp3) is 0.600. The molecule has 0 saturated heterocycles. The highest BCUT2D eigenvalue weighted by molar-refractivity contribution is 5.25. The lowest BCUT2D eigenvalue weighted by molar-refractivity contribution is 0.835. The summed E-state index contributed by atoms with van der Waals surface area (Å²) >= 11 is 0. The van der Waals surface area contributed by atoms with Crippen molar-refractivity contribution in [2.75, 3.05) is 0 Å². The molecule has 70 valence electrons. The molecule has 0 radical (unpaired) electrons. The van der Waals surface area contributed by atoms with E-state index in [-0.39, 0.29) is 0 Å².